The zero-order valence-corrected chi connectivity index (χ0v) is 20.4. The van der Waals surface area contributed by atoms with Gasteiger partial charge in [-0.3, -0.25) is 4.79 Å². The molecule has 3 aromatic carbocycles. The Morgan fingerprint density at radius 3 is 2.29 bits per heavy atom. The SMILES string of the molecule is COc1ccc(C2SCC(=O)N2C(=O)NCCCN2c3ccccc3Sc3ccccc32)cc1. The molecule has 3 aromatic rings. The predicted octanol–water partition coefficient (Wildman–Crippen LogP) is 5.67. The number of hydrogen-bond donors (Lipinski definition) is 1. The Morgan fingerprint density at radius 1 is 1.00 bits per heavy atom. The van der Waals surface area contributed by atoms with Gasteiger partial charge in [-0.2, -0.15) is 0 Å². The predicted molar refractivity (Wildman–Crippen MR) is 137 cm³/mol. The average Bonchev–Trinajstić information content (AvgIpc) is 3.27. The smallest absolute Gasteiger partial charge is 0.325 e. The van der Waals surface area contributed by atoms with Gasteiger partial charge in [0.25, 0.3) is 0 Å². The molecule has 1 fully saturated rings. The average molecular weight is 492 g/mol. The molecule has 0 spiro atoms. The molecule has 0 saturated carbocycles. The molecule has 2 aliphatic rings. The summed E-state index contributed by atoms with van der Waals surface area (Å²) < 4.78 is 5.21. The number of urea groups is 1. The van der Waals surface area contributed by atoms with Crippen LogP contribution in [0.5, 0.6) is 5.75 Å². The van der Waals surface area contributed by atoms with Crippen LogP contribution in [-0.4, -0.2) is 42.8 Å². The molecule has 1 unspecified atom stereocenters. The van der Waals surface area contributed by atoms with Gasteiger partial charge in [-0.15, -0.1) is 11.8 Å². The molecule has 1 N–H and O–H groups in total. The highest BCUT2D eigenvalue weighted by molar-refractivity contribution is 8.00. The maximum Gasteiger partial charge on any atom is 0.325 e. The van der Waals surface area contributed by atoms with Gasteiger partial charge in [0.1, 0.15) is 11.1 Å². The Morgan fingerprint density at radius 2 is 1.65 bits per heavy atom. The number of fused-ring (bicyclic) bond motifs is 2. The maximum atomic E-state index is 12.9. The number of amides is 3. The van der Waals surface area contributed by atoms with Crippen LogP contribution in [0.25, 0.3) is 0 Å². The Kier molecular flexibility index (Phi) is 6.69. The third kappa shape index (κ3) is 4.48. The summed E-state index contributed by atoms with van der Waals surface area (Å²) in [5, 5.41) is 2.64. The summed E-state index contributed by atoms with van der Waals surface area (Å²) in [4.78, 5) is 31.5. The van der Waals surface area contributed by atoms with Crippen molar-refractivity contribution in [2.45, 2.75) is 21.6 Å². The molecule has 1 atom stereocenters. The molecule has 3 amide bonds. The number of imide groups is 1. The van der Waals surface area contributed by atoms with Gasteiger partial charge >= 0.3 is 6.03 Å². The number of ether oxygens (including phenoxy) is 1. The van der Waals surface area contributed by atoms with Crippen LogP contribution in [0.3, 0.4) is 0 Å². The number of methoxy groups -OCH3 is 1. The van der Waals surface area contributed by atoms with Gasteiger partial charge in [0.15, 0.2) is 0 Å². The minimum Gasteiger partial charge on any atom is -0.497 e. The van der Waals surface area contributed by atoms with E-state index in [1.165, 1.54) is 37.8 Å². The van der Waals surface area contributed by atoms with Crippen LogP contribution in [0.15, 0.2) is 82.6 Å². The van der Waals surface area contributed by atoms with Crippen molar-refractivity contribution >= 4 is 46.8 Å². The lowest BCUT2D eigenvalue weighted by Gasteiger charge is -2.32. The zero-order chi connectivity index (χ0) is 23.5. The number of rotatable bonds is 6. The van der Waals surface area contributed by atoms with Crippen molar-refractivity contribution in [1.82, 2.24) is 10.2 Å². The van der Waals surface area contributed by atoms with Gasteiger partial charge in [-0.05, 0) is 48.4 Å². The number of anilines is 2. The van der Waals surface area contributed by atoms with Crippen molar-refractivity contribution in [2.24, 2.45) is 0 Å². The Labute approximate surface area is 207 Å². The summed E-state index contributed by atoms with van der Waals surface area (Å²) in [6.45, 7) is 1.25. The number of thioether (sulfide) groups is 1. The standard InChI is InChI=1S/C26H25N3O3S2/c1-32-19-13-11-18(12-14-19)25-29(24(30)17-33-25)26(31)27-15-6-16-28-20-7-2-4-9-22(20)34-23-10-5-3-8-21(23)28/h2-5,7-14,25H,6,15-17H2,1H3,(H,27,31). The van der Waals surface area contributed by atoms with Crippen molar-refractivity contribution in [3.63, 3.8) is 0 Å². The Hall–Kier alpha value is -3.10. The lowest BCUT2D eigenvalue weighted by Crippen LogP contribution is -2.43. The molecule has 0 radical (unpaired) electrons. The van der Waals surface area contributed by atoms with E-state index in [-0.39, 0.29) is 17.3 Å². The number of hydrogen-bond acceptors (Lipinski definition) is 6. The fourth-order valence-electron chi connectivity index (χ4n) is 4.20. The molecule has 0 bridgehead atoms. The van der Waals surface area contributed by atoms with Crippen molar-refractivity contribution in [2.75, 3.05) is 30.9 Å². The van der Waals surface area contributed by atoms with Crippen molar-refractivity contribution in [3.8, 4) is 5.75 Å². The first-order chi connectivity index (χ1) is 16.7. The summed E-state index contributed by atoms with van der Waals surface area (Å²) in [5.74, 6) is 0.871. The summed E-state index contributed by atoms with van der Waals surface area (Å²) >= 11 is 3.25. The third-order valence-corrected chi connectivity index (χ3v) is 8.20. The van der Waals surface area contributed by atoms with Gasteiger partial charge < -0.3 is 15.0 Å². The van der Waals surface area contributed by atoms with E-state index < -0.39 is 0 Å². The molecule has 1 saturated heterocycles. The first-order valence-corrected chi connectivity index (χ1v) is 13.0. The fraction of sp³-hybridized carbons (Fsp3) is 0.231. The molecular formula is C26H25N3O3S2. The Balaban J connectivity index is 1.22. The van der Waals surface area contributed by atoms with E-state index in [2.05, 4.69) is 58.7 Å². The lowest BCUT2D eigenvalue weighted by molar-refractivity contribution is -0.125. The first-order valence-electron chi connectivity index (χ1n) is 11.1. The summed E-state index contributed by atoms with van der Waals surface area (Å²) in [5.41, 5.74) is 3.28. The normalized spacial score (nSPS) is 16.7. The van der Waals surface area contributed by atoms with Gasteiger partial charge in [-0.1, -0.05) is 48.2 Å². The third-order valence-electron chi connectivity index (χ3n) is 5.85. The van der Waals surface area contributed by atoms with Crippen molar-refractivity contribution in [1.29, 1.82) is 0 Å². The number of carbonyl (C=O) groups excluding carboxylic acids is 2. The largest absolute Gasteiger partial charge is 0.497 e. The van der Waals surface area contributed by atoms with Gasteiger partial charge in [-0.25, -0.2) is 9.69 Å². The summed E-state index contributed by atoms with van der Waals surface area (Å²) in [7, 11) is 1.61. The van der Waals surface area contributed by atoms with Crippen LogP contribution < -0.4 is 15.0 Å². The first kappa shape index (κ1) is 22.7. The molecule has 6 nitrogen and oxygen atoms in total. The number of para-hydroxylation sites is 2. The van der Waals surface area contributed by atoms with E-state index in [0.717, 1.165) is 24.3 Å². The molecule has 0 aliphatic carbocycles. The van der Waals surface area contributed by atoms with Crippen LogP contribution in [0.1, 0.15) is 17.4 Å². The quantitative estimate of drug-likeness (QED) is 0.448. The maximum absolute atomic E-state index is 12.9. The fourth-order valence-corrected chi connectivity index (χ4v) is 6.45. The molecule has 5 rings (SSSR count). The minimum absolute atomic E-state index is 0.167. The van der Waals surface area contributed by atoms with Crippen LogP contribution in [0.4, 0.5) is 16.2 Å². The highest BCUT2D eigenvalue weighted by atomic mass is 32.2. The Bertz CT molecular complexity index is 1160. The monoisotopic (exact) mass is 491 g/mol. The number of benzene rings is 3. The second-order valence-corrected chi connectivity index (χ2v) is 10.1. The van der Waals surface area contributed by atoms with Crippen LogP contribution in [0, 0.1) is 0 Å². The summed E-state index contributed by atoms with van der Waals surface area (Å²) in [6.07, 6.45) is 0.751. The minimum atomic E-state index is -0.342. The van der Waals surface area contributed by atoms with Gasteiger partial charge in [0, 0.05) is 22.9 Å². The van der Waals surface area contributed by atoms with Gasteiger partial charge in [0.2, 0.25) is 5.91 Å². The molecule has 34 heavy (non-hydrogen) atoms. The lowest BCUT2D eigenvalue weighted by atomic mass is 10.2. The second-order valence-electron chi connectivity index (χ2n) is 7.97. The van der Waals surface area contributed by atoms with E-state index in [9.17, 15) is 9.59 Å². The van der Waals surface area contributed by atoms with Crippen LogP contribution in [0.2, 0.25) is 0 Å². The van der Waals surface area contributed by atoms with Crippen LogP contribution >= 0.6 is 23.5 Å². The summed E-state index contributed by atoms with van der Waals surface area (Å²) in [6, 6.07) is 23.9. The van der Waals surface area contributed by atoms with Crippen molar-refractivity contribution < 1.29 is 14.3 Å². The molecule has 0 aromatic heterocycles. The second kappa shape index (κ2) is 10.0. The molecule has 2 aliphatic heterocycles. The molecular weight excluding hydrogens is 466 g/mol. The highest BCUT2D eigenvalue weighted by Gasteiger charge is 2.37. The molecule has 8 heteroatoms. The van der Waals surface area contributed by atoms with Crippen LogP contribution in [-0.2, 0) is 4.79 Å². The van der Waals surface area contributed by atoms with Crippen molar-refractivity contribution in [3.05, 3.63) is 78.4 Å². The van der Waals surface area contributed by atoms with E-state index in [1.807, 2.05) is 24.3 Å². The zero-order valence-electron chi connectivity index (χ0n) is 18.8. The number of nitrogens with one attached hydrogen (secondary N) is 1. The topological polar surface area (TPSA) is 61.9 Å². The van der Waals surface area contributed by atoms with Gasteiger partial charge in [0.05, 0.1) is 24.2 Å². The molecule has 174 valence electrons. The molecule has 2 heterocycles. The number of nitrogens with zero attached hydrogens (tertiary/aromatic N) is 2. The number of carbonyl (C=O) groups is 2. The van der Waals surface area contributed by atoms with E-state index in [0.29, 0.717) is 12.3 Å². The van der Waals surface area contributed by atoms with E-state index >= 15 is 0 Å². The highest BCUT2D eigenvalue weighted by Crippen LogP contribution is 2.47. The van der Waals surface area contributed by atoms with E-state index in [1.54, 1.807) is 18.9 Å². The van der Waals surface area contributed by atoms with E-state index in [4.69, 9.17) is 4.74 Å².